The lowest BCUT2D eigenvalue weighted by molar-refractivity contribution is 0.247. The Hall–Kier alpha value is -0.840. The Kier molecular flexibility index (Phi) is 3.91. The third-order valence-corrected chi connectivity index (χ3v) is 5.47. The van der Waals surface area contributed by atoms with E-state index in [2.05, 4.69) is 50.5 Å². The van der Waals surface area contributed by atoms with E-state index in [1.165, 1.54) is 20.5 Å². The van der Waals surface area contributed by atoms with Crippen LogP contribution in [0.25, 0.3) is 0 Å². The second-order valence-corrected chi connectivity index (χ2v) is 6.64. The van der Waals surface area contributed by atoms with Crippen LogP contribution in [0.15, 0.2) is 34.1 Å². The Balaban J connectivity index is 1.76. The van der Waals surface area contributed by atoms with Crippen LogP contribution in [0.5, 0.6) is 5.75 Å². The second kappa shape index (κ2) is 5.65. The Bertz CT molecular complexity index is 581. The number of rotatable bonds is 3. The summed E-state index contributed by atoms with van der Waals surface area (Å²) >= 11 is 5.43. The van der Waals surface area contributed by atoms with Crippen molar-refractivity contribution in [1.82, 2.24) is 4.90 Å². The average molecular weight is 338 g/mol. The molecule has 19 heavy (non-hydrogen) atoms. The van der Waals surface area contributed by atoms with Crippen LogP contribution in [-0.4, -0.2) is 18.6 Å². The van der Waals surface area contributed by atoms with Crippen molar-refractivity contribution >= 4 is 27.3 Å². The first-order valence-electron chi connectivity index (χ1n) is 6.36. The number of hydrogen-bond acceptors (Lipinski definition) is 3. The molecular formula is C15H16BrNOS. The molecule has 0 radical (unpaired) electrons. The second-order valence-electron chi connectivity index (χ2n) is 4.79. The number of hydrogen-bond donors (Lipinski definition) is 0. The molecule has 0 saturated carbocycles. The zero-order chi connectivity index (χ0) is 13.2. The van der Waals surface area contributed by atoms with Crippen LogP contribution in [0, 0.1) is 0 Å². The minimum atomic E-state index is 0.956. The van der Waals surface area contributed by atoms with Crippen LogP contribution in [0.4, 0.5) is 0 Å². The van der Waals surface area contributed by atoms with Gasteiger partial charge in [0, 0.05) is 29.0 Å². The maximum Gasteiger partial charge on any atom is 0.119 e. The highest BCUT2D eigenvalue weighted by atomic mass is 79.9. The van der Waals surface area contributed by atoms with Crippen molar-refractivity contribution in [3.05, 3.63) is 50.1 Å². The fraction of sp³-hybridized carbons (Fsp3) is 0.333. The predicted molar refractivity (Wildman–Crippen MR) is 82.8 cm³/mol. The first-order valence-corrected chi connectivity index (χ1v) is 8.03. The van der Waals surface area contributed by atoms with Gasteiger partial charge in [-0.05, 0) is 57.1 Å². The van der Waals surface area contributed by atoms with E-state index in [0.29, 0.717) is 0 Å². The minimum Gasteiger partial charge on any atom is -0.497 e. The summed E-state index contributed by atoms with van der Waals surface area (Å²) in [4.78, 5) is 3.91. The van der Waals surface area contributed by atoms with E-state index in [1.807, 2.05) is 11.3 Å². The topological polar surface area (TPSA) is 12.5 Å². The highest BCUT2D eigenvalue weighted by Crippen LogP contribution is 2.28. The van der Waals surface area contributed by atoms with Crippen LogP contribution in [0.3, 0.4) is 0 Å². The molecule has 1 aromatic heterocycles. The van der Waals surface area contributed by atoms with Crippen molar-refractivity contribution in [3.63, 3.8) is 0 Å². The third-order valence-electron chi connectivity index (χ3n) is 3.56. The molecule has 0 unspecified atom stereocenters. The fourth-order valence-electron chi connectivity index (χ4n) is 2.49. The quantitative estimate of drug-likeness (QED) is 0.836. The Morgan fingerprint density at radius 3 is 2.95 bits per heavy atom. The summed E-state index contributed by atoms with van der Waals surface area (Å²) in [6, 6.07) is 8.56. The summed E-state index contributed by atoms with van der Waals surface area (Å²) in [7, 11) is 1.73. The highest BCUT2D eigenvalue weighted by molar-refractivity contribution is 9.10. The number of thiophene rings is 1. The van der Waals surface area contributed by atoms with E-state index in [1.54, 1.807) is 7.11 Å². The first kappa shape index (κ1) is 13.2. The smallest absolute Gasteiger partial charge is 0.119 e. The SMILES string of the molecule is COc1ccc2c(c1)CN(Cc1sccc1Br)CC2. The number of halogens is 1. The number of ether oxygens (including phenoxy) is 1. The van der Waals surface area contributed by atoms with Crippen molar-refractivity contribution in [1.29, 1.82) is 0 Å². The van der Waals surface area contributed by atoms with Crippen LogP contribution in [0.1, 0.15) is 16.0 Å². The number of benzene rings is 1. The zero-order valence-corrected chi connectivity index (χ0v) is 13.3. The van der Waals surface area contributed by atoms with Crippen molar-refractivity contribution in [2.75, 3.05) is 13.7 Å². The molecule has 0 bridgehead atoms. The van der Waals surface area contributed by atoms with Gasteiger partial charge in [0.2, 0.25) is 0 Å². The minimum absolute atomic E-state index is 0.956. The van der Waals surface area contributed by atoms with Gasteiger partial charge in [-0.2, -0.15) is 0 Å². The van der Waals surface area contributed by atoms with E-state index in [-0.39, 0.29) is 0 Å². The Labute approximate surface area is 126 Å². The van der Waals surface area contributed by atoms with Gasteiger partial charge in [-0.1, -0.05) is 6.07 Å². The van der Waals surface area contributed by atoms with Gasteiger partial charge in [0.25, 0.3) is 0 Å². The third kappa shape index (κ3) is 2.86. The van der Waals surface area contributed by atoms with Gasteiger partial charge in [0.05, 0.1) is 7.11 Å². The van der Waals surface area contributed by atoms with Crippen LogP contribution in [-0.2, 0) is 19.5 Å². The summed E-state index contributed by atoms with van der Waals surface area (Å²) in [5, 5.41) is 2.14. The summed E-state index contributed by atoms with van der Waals surface area (Å²) in [5.41, 5.74) is 2.86. The monoisotopic (exact) mass is 337 g/mol. The van der Waals surface area contributed by atoms with Gasteiger partial charge in [0.1, 0.15) is 5.75 Å². The van der Waals surface area contributed by atoms with Gasteiger partial charge in [-0.15, -0.1) is 11.3 Å². The lowest BCUT2D eigenvalue weighted by Crippen LogP contribution is -2.29. The molecule has 0 fully saturated rings. The van der Waals surface area contributed by atoms with Crippen molar-refractivity contribution in [3.8, 4) is 5.75 Å². The number of nitrogens with zero attached hydrogens (tertiary/aromatic N) is 1. The van der Waals surface area contributed by atoms with Crippen molar-refractivity contribution in [2.24, 2.45) is 0 Å². The Morgan fingerprint density at radius 1 is 1.32 bits per heavy atom. The first-order chi connectivity index (χ1) is 9.26. The van der Waals surface area contributed by atoms with E-state index in [9.17, 15) is 0 Å². The molecule has 0 N–H and O–H groups in total. The molecule has 2 heterocycles. The average Bonchev–Trinajstić information content (AvgIpc) is 2.83. The molecule has 0 atom stereocenters. The summed E-state index contributed by atoms with van der Waals surface area (Å²) < 4.78 is 6.55. The molecule has 0 saturated heterocycles. The van der Waals surface area contributed by atoms with E-state index in [4.69, 9.17) is 4.74 Å². The molecule has 2 aromatic rings. The van der Waals surface area contributed by atoms with Gasteiger partial charge in [-0.3, -0.25) is 4.90 Å². The van der Waals surface area contributed by atoms with Gasteiger partial charge < -0.3 is 4.74 Å². The highest BCUT2D eigenvalue weighted by Gasteiger charge is 2.18. The van der Waals surface area contributed by atoms with Gasteiger partial charge in [-0.25, -0.2) is 0 Å². The van der Waals surface area contributed by atoms with Crippen LogP contribution < -0.4 is 4.74 Å². The Morgan fingerprint density at radius 2 is 2.21 bits per heavy atom. The fourth-order valence-corrected chi connectivity index (χ4v) is 4.01. The van der Waals surface area contributed by atoms with E-state index < -0.39 is 0 Å². The standard InChI is InChI=1S/C15H16BrNOS/c1-18-13-3-2-11-4-6-17(9-12(11)8-13)10-15-14(16)5-7-19-15/h2-3,5,7-8H,4,6,9-10H2,1H3. The molecule has 0 amide bonds. The normalized spacial score (nSPS) is 15.3. The molecule has 0 spiro atoms. The molecule has 100 valence electrons. The van der Waals surface area contributed by atoms with Crippen molar-refractivity contribution in [2.45, 2.75) is 19.5 Å². The van der Waals surface area contributed by atoms with Crippen LogP contribution >= 0.6 is 27.3 Å². The molecule has 1 aromatic carbocycles. The summed E-state index contributed by atoms with van der Waals surface area (Å²) in [6.07, 6.45) is 1.13. The van der Waals surface area contributed by atoms with E-state index in [0.717, 1.165) is 31.8 Å². The molecular weight excluding hydrogens is 322 g/mol. The largest absolute Gasteiger partial charge is 0.497 e. The summed E-state index contributed by atoms with van der Waals surface area (Å²) in [5.74, 6) is 0.956. The lowest BCUT2D eigenvalue weighted by atomic mass is 9.99. The molecule has 1 aliphatic rings. The van der Waals surface area contributed by atoms with Gasteiger partial charge >= 0.3 is 0 Å². The molecule has 0 aliphatic carbocycles. The molecule has 1 aliphatic heterocycles. The molecule has 4 heteroatoms. The maximum atomic E-state index is 5.32. The van der Waals surface area contributed by atoms with Gasteiger partial charge in [0.15, 0.2) is 0 Å². The lowest BCUT2D eigenvalue weighted by Gasteiger charge is -2.28. The van der Waals surface area contributed by atoms with Crippen LogP contribution in [0.2, 0.25) is 0 Å². The number of fused-ring (bicyclic) bond motifs is 1. The van der Waals surface area contributed by atoms with Crippen molar-refractivity contribution < 1.29 is 4.74 Å². The zero-order valence-electron chi connectivity index (χ0n) is 10.9. The predicted octanol–water partition coefficient (Wildman–Crippen LogP) is 4.08. The van der Waals surface area contributed by atoms with E-state index >= 15 is 0 Å². The molecule has 3 rings (SSSR count). The molecule has 2 nitrogen and oxygen atoms in total. The summed E-state index contributed by atoms with van der Waals surface area (Å²) in [6.45, 7) is 3.16. The maximum absolute atomic E-state index is 5.32. The number of methoxy groups -OCH3 is 1.